The molecule has 33 heavy (non-hydrogen) atoms. The summed E-state index contributed by atoms with van der Waals surface area (Å²) >= 11 is 0. The molecule has 5 nitrogen and oxygen atoms in total. The highest BCUT2D eigenvalue weighted by molar-refractivity contribution is 5.68. The zero-order valence-electron chi connectivity index (χ0n) is 21.5. The summed E-state index contributed by atoms with van der Waals surface area (Å²) in [6, 6.07) is 10.2. The van der Waals surface area contributed by atoms with E-state index >= 15 is 0 Å². The number of benzene rings is 1. The van der Waals surface area contributed by atoms with E-state index in [1.54, 1.807) is 0 Å². The SMILES string of the molecule is CCCCCN(C)CCCCCCO[C@H]1CC[C@H](N(CC)C(=O)OCc2ccccc2)CC1. The highest BCUT2D eigenvalue weighted by Crippen LogP contribution is 2.26. The van der Waals surface area contributed by atoms with Crippen molar-refractivity contribution in [3.63, 3.8) is 0 Å². The molecule has 0 N–H and O–H groups in total. The second-order valence-corrected chi connectivity index (χ2v) is 9.55. The third-order valence-corrected chi connectivity index (χ3v) is 6.80. The van der Waals surface area contributed by atoms with Gasteiger partial charge in [0, 0.05) is 19.2 Å². The largest absolute Gasteiger partial charge is 0.445 e. The van der Waals surface area contributed by atoms with Gasteiger partial charge in [0.2, 0.25) is 0 Å². The number of nitrogens with zero attached hydrogens (tertiary/aromatic N) is 2. The van der Waals surface area contributed by atoms with Crippen molar-refractivity contribution in [2.45, 2.75) is 103 Å². The molecule has 0 heterocycles. The van der Waals surface area contributed by atoms with Gasteiger partial charge in [-0.2, -0.15) is 0 Å². The molecule has 0 saturated heterocycles. The summed E-state index contributed by atoms with van der Waals surface area (Å²) < 4.78 is 11.7. The number of amides is 1. The minimum Gasteiger partial charge on any atom is -0.445 e. The maximum absolute atomic E-state index is 12.6. The zero-order valence-corrected chi connectivity index (χ0v) is 21.5. The quantitative estimate of drug-likeness (QED) is 0.259. The Morgan fingerprint density at radius 1 is 0.909 bits per heavy atom. The van der Waals surface area contributed by atoms with E-state index in [0.29, 0.717) is 19.3 Å². The fourth-order valence-electron chi connectivity index (χ4n) is 4.69. The summed E-state index contributed by atoms with van der Waals surface area (Å²) in [6.07, 6.45) is 13.2. The highest BCUT2D eigenvalue weighted by Gasteiger charge is 2.29. The zero-order chi connectivity index (χ0) is 23.7. The summed E-state index contributed by atoms with van der Waals surface area (Å²) in [5.74, 6) is 0. The summed E-state index contributed by atoms with van der Waals surface area (Å²) in [7, 11) is 2.25. The third kappa shape index (κ3) is 11.4. The van der Waals surface area contributed by atoms with Crippen molar-refractivity contribution in [2.75, 3.05) is 33.3 Å². The Kier molecular flexibility index (Phi) is 14.2. The van der Waals surface area contributed by atoms with Crippen LogP contribution in [0.5, 0.6) is 0 Å². The van der Waals surface area contributed by atoms with Gasteiger partial charge in [-0.1, -0.05) is 62.9 Å². The van der Waals surface area contributed by atoms with E-state index in [-0.39, 0.29) is 12.1 Å². The molecule has 0 bridgehead atoms. The Balaban J connectivity index is 1.52. The molecule has 1 aromatic rings. The molecule has 0 aromatic heterocycles. The Morgan fingerprint density at radius 2 is 1.58 bits per heavy atom. The highest BCUT2D eigenvalue weighted by atomic mass is 16.6. The first-order valence-electron chi connectivity index (χ1n) is 13.4. The van der Waals surface area contributed by atoms with E-state index < -0.39 is 0 Å². The number of ether oxygens (including phenoxy) is 2. The van der Waals surface area contributed by atoms with Crippen molar-refractivity contribution in [3.8, 4) is 0 Å². The fourth-order valence-corrected chi connectivity index (χ4v) is 4.69. The van der Waals surface area contributed by atoms with Gasteiger partial charge in [0.05, 0.1) is 6.10 Å². The molecule has 2 rings (SSSR count). The molecule has 0 aliphatic heterocycles. The van der Waals surface area contributed by atoms with Crippen molar-refractivity contribution in [3.05, 3.63) is 35.9 Å². The van der Waals surface area contributed by atoms with Gasteiger partial charge in [-0.15, -0.1) is 0 Å². The van der Waals surface area contributed by atoms with Gasteiger partial charge in [-0.05, 0) is 77.6 Å². The summed E-state index contributed by atoms with van der Waals surface area (Å²) in [4.78, 5) is 17.0. The molecule has 1 aliphatic carbocycles. The number of unbranched alkanes of at least 4 members (excludes halogenated alkanes) is 5. The molecule has 0 unspecified atom stereocenters. The molecule has 1 saturated carbocycles. The predicted octanol–water partition coefficient (Wildman–Crippen LogP) is 6.66. The lowest BCUT2D eigenvalue weighted by molar-refractivity contribution is 0.00402. The van der Waals surface area contributed by atoms with Gasteiger partial charge in [0.15, 0.2) is 0 Å². The average Bonchev–Trinajstić information content (AvgIpc) is 2.84. The predicted molar refractivity (Wildman–Crippen MR) is 136 cm³/mol. The van der Waals surface area contributed by atoms with Crippen LogP contribution in [-0.2, 0) is 16.1 Å². The lowest BCUT2D eigenvalue weighted by Crippen LogP contribution is -2.43. The molecular weight excluding hydrogens is 412 g/mol. The lowest BCUT2D eigenvalue weighted by atomic mass is 9.92. The smallest absolute Gasteiger partial charge is 0.410 e. The first kappa shape index (κ1) is 27.7. The summed E-state index contributed by atoms with van der Waals surface area (Å²) in [5.41, 5.74) is 1.03. The standard InChI is InChI=1S/C28H48N2O3/c1-4-6-12-21-29(3)22-13-7-8-14-23-32-27-19-17-26(18-20-27)30(5-2)28(31)33-24-25-15-10-9-11-16-25/h9-11,15-16,26-27H,4-8,12-14,17-24H2,1-3H3/t26-,27-. The van der Waals surface area contributed by atoms with Crippen molar-refractivity contribution in [2.24, 2.45) is 0 Å². The Morgan fingerprint density at radius 3 is 2.24 bits per heavy atom. The van der Waals surface area contributed by atoms with Crippen molar-refractivity contribution in [1.29, 1.82) is 0 Å². The lowest BCUT2D eigenvalue weighted by Gasteiger charge is -2.35. The second-order valence-electron chi connectivity index (χ2n) is 9.55. The van der Waals surface area contributed by atoms with Gasteiger partial charge < -0.3 is 19.3 Å². The topological polar surface area (TPSA) is 42.0 Å². The van der Waals surface area contributed by atoms with E-state index in [4.69, 9.17) is 9.47 Å². The fraction of sp³-hybridized carbons (Fsp3) is 0.750. The molecule has 1 fully saturated rings. The van der Waals surface area contributed by atoms with E-state index in [9.17, 15) is 4.79 Å². The number of carbonyl (C=O) groups excluding carboxylic acids is 1. The molecule has 0 radical (unpaired) electrons. The van der Waals surface area contributed by atoms with Crippen LogP contribution in [0.25, 0.3) is 0 Å². The molecule has 0 spiro atoms. The van der Waals surface area contributed by atoms with Crippen LogP contribution in [0.2, 0.25) is 0 Å². The van der Waals surface area contributed by atoms with Crippen LogP contribution < -0.4 is 0 Å². The monoisotopic (exact) mass is 460 g/mol. The molecule has 5 heteroatoms. The van der Waals surface area contributed by atoms with Crippen molar-refractivity contribution in [1.82, 2.24) is 9.80 Å². The van der Waals surface area contributed by atoms with Crippen LogP contribution in [-0.4, -0.2) is 61.3 Å². The molecule has 1 aliphatic rings. The van der Waals surface area contributed by atoms with Crippen LogP contribution >= 0.6 is 0 Å². The molecule has 188 valence electrons. The average molecular weight is 461 g/mol. The van der Waals surface area contributed by atoms with E-state index in [1.807, 2.05) is 42.2 Å². The minimum absolute atomic E-state index is 0.193. The van der Waals surface area contributed by atoms with Gasteiger partial charge in [0.25, 0.3) is 0 Å². The van der Waals surface area contributed by atoms with Gasteiger partial charge in [0.1, 0.15) is 6.61 Å². The molecule has 1 amide bonds. The van der Waals surface area contributed by atoms with Crippen LogP contribution in [0.15, 0.2) is 30.3 Å². The first-order valence-corrected chi connectivity index (χ1v) is 13.4. The van der Waals surface area contributed by atoms with Gasteiger partial charge in [-0.25, -0.2) is 4.79 Å². The summed E-state index contributed by atoms with van der Waals surface area (Å²) in [5, 5.41) is 0. The van der Waals surface area contributed by atoms with Crippen molar-refractivity contribution < 1.29 is 14.3 Å². The summed E-state index contributed by atoms with van der Waals surface area (Å²) in [6.45, 7) is 8.66. The van der Waals surface area contributed by atoms with E-state index in [1.165, 1.54) is 51.6 Å². The second kappa shape index (κ2) is 16.9. The van der Waals surface area contributed by atoms with Gasteiger partial charge in [-0.3, -0.25) is 0 Å². The number of hydrogen-bond acceptors (Lipinski definition) is 4. The maximum Gasteiger partial charge on any atom is 0.410 e. The normalized spacial score (nSPS) is 18.4. The van der Waals surface area contributed by atoms with E-state index in [2.05, 4.69) is 18.9 Å². The Bertz CT molecular complexity index is 617. The van der Waals surface area contributed by atoms with Crippen LogP contribution in [0.3, 0.4) is 0 Å². The first-order chi connectivity index (χ1) is 16.1. The van der Waals surface area contributed by atoms with Crippen LogP contribution in [0.1, 0.15) is 90.0 Å². The Hall–Kier alpha value is -1.59. The van der Waals surface area contributed by atoms with Crippen LogP contribution in [0, 0.1) is 0 Å². The Labute approximate surface area is 202 Å². The number of carbonyl (C=O) groups is 1. The molecule has 0 atom stereocenters. The molecule has 1 aromatic carbocycles. The number of hydrogen-bond donors (Lipinski definition) is 0. The van der Waals surface area contributed by atoms with Crippen molar-refractivity contribution >= 4 is 6.09 Å². The van der Waals surface area contributed by atoms with Gasteiger partial charge >= 0.3 is 6.09 Å². The third-order valence-electron chi connectivity index (χ3n) is 6.80. The molecular formula is C28H48N2O3. The van der Waals surface area contributed by atoms with Crippen LogP contribution in [0.4, 0.5) is 4.79 Å². The maximum atomic E-state index is 12.6. The number of rotatable bonds is 16. The minimum atomic E-state index is -0.193. The van der Waals surface area contributed by atoms with E-state index in [0.717, 1.165) is 44.3 Å².